The van der Waals surface area contributed by atoms with E-state index < -0.39 is 5.97 Å². The Morgan fingerprint density at radius 1 is 1.27 bits per heavy atom. The van der Waals surface area contributed by atoms with Crippen LogP contribution in [0.5, 0.6) is 0 Å². The molecule has 1 spiro atoms. The minimum atomic E-state index is -0.756. The zero-order chi connectivity index (χ0) is 18.5. The maximum absolute atomic E-state index is 13.1. The van der Waals surface area contributed by atoms with Gasteiger partial charge in [-0.1, -0.05) is 23.7 Å². The molecule has 6 nitrogen and oxygen atoms in total. The summed E-state index contributed by atoms with van der Waals surface area (Å²) in [5.74, 6) is -1.17. The standard InChI is InChI=1S/C19H20ClN3O3/c1-22-16(10-15(21-22)12-2-4-14(20)5-3-12)17(24)23-9-6-13(18(25)26)11-19(23)7-8-19/h2-5,10,13H,6-9,11H2,1H3,(H,25,26). The first kappa shape index (κ1) is 17.1. The highest BCUT2D eigenvalue weighted by molar-refractivity contribution is 6.30. The second-order valence-electron chi connectivity index (χ2n) is 7.25. The van der Waals surface area contributed by atoms with Crippen LogP contribution < -0.4 is 0 Å². The number of hydrogen-bond acceptors (Lipinski definition) is 3. The first-order valence-electron chi connectivity index (χ1n) is 8.74. The van der Waals surface area contributed by atoms with Gasteiger partial charge in [-0.2, -0.15) is 5.10 Å². The number of halogens is 1. The summed E-state index contributed by atoms with van der Waals surface area (Å²) in [4.78, 5) is 26.3. The van der Waals surface area contributed by atoms with Crippen LogP contribution in [0, 0.1) is 5.92 Å². The van der Waals surface area contributed by atoms with Crippen LogP contribution in [0.4, 0.5) is 0 Å². The van der Waals surface area contributed by atoms with Gasteiger partial charge in [-0.05, 0) is 43.9 Å². The normalized spacial score (nSPS) is 21.0. The van der Waals surface area contributed by atoms with E-state index >= 15 is 0 Å². The van der Waals surface area contributed by atoms with Gasteiger partial charge < -0.3 is 10.0 Å². The molecule has 1 unspecified atom stereocenters. The lowest BCUT2D eigenvalue weighted by Crippen LogP contribution is -2.49. The SMILES string of the molecule is Cn1nc(-c2ccc(Cl)cc2)cc1C(=O)N1CCC(C(=O)O)CC12CC2. The lowest BCUT2D eigenvalue weighted by atomic mass is 9.88. The van der Waals surface area contributed by atoms with Gasteiger partial charge in [0.15, 0.2) is 0 Å². The average Bonchev–Trinajstić information content (AvgIpc) is 3.26. The number of carboxylic acid groups (broad SMARTS) is 1. The highest BCUT2D eigenvalue weighted by atomic mass is 35.5. The quantitative estimate of drug-likeness (QED) is 0.896. The van der Waals surface area contributed by atoms with Crippen molar-refractivity contribution in [1.29, 1.82) is 0 Å². The summed E-state index contributed by atoms with van der Waals surface area (Å²) >= 11 is 5.93. The van der Waals surface area contributed by atoms with Crippen LogP contribution >= 0.6 is 11.6 Å². The minimum absolute atomic E-state index is 0.0680. The molecule has 2 heterocycles. The van der Waals surface area contributed by atoms with Crippen molar-refractivity contribution in [2.24, 2.45) is 13.0 Å². The van der Waals surface area contributed by atoms with Crippen LogP contribution in [0.15, 0.2) is 30.3 Å². The molecule has 7 heteroatoms. The summed E-state index contributed by atoms with van der Waals surface area (Å²) in [5, 5.41) is 14.4. The number of amides is 1. The van der Waals surface area contributed by atoms with Crippen molar-refractivity contribution in [2.45, 2.75) is 31.2 Å². The molecule has 0 bridgehead atoms. The van der Waals surface area contributed by atoms with Crippen molar-refractivity contribution in [2.75, 3.05) is 6.54 Å². The van der Waals surface area contributed by atoms with Gasteiger partial charge in [-0.15, -0.1) is 0 Å². The predicted octanol–water partition coefficient (Wildman–Crippen LogP) is 3.21. The molecule has 1 aliphatic carbocycles. The summed E-state index contributed by atoms with van der Waals surface area (Å²) in [6.45, 7) is 0.483. The van der Waals surface area contributed by atoms with E-state index in [9.17, 15) is 14.7 Å². The van der Waals surface area contributed by atoms with E-state index in [0.29, 0.717) is 30.1 Å². The predicted molar refractivity (Wildman–Crippen MR) is 97.0 cm³/mol. The second kappa shape index (κ2) is 6.13. The van der Waals surface area contributed by atoms with Gasteiger partial charge in [-0.3, -0.25) is 14.3 Å². The highest BCUT2D eigenvalue weighted by Crippen LogP contribution is 2.50. The molecule has 2 fully saturated rings. The third-order valence-corrected chi connectivity index (χ3v) is 5.81. The largest absolute Gasteiger partial charge is 0.481 e. The van der Waals surface area contributed by atoms with Gasteiger partial charge in [0, 0.05) is 29.7 Å². The number of aromatic nitrogens is 2. The summed E-state index contributed by atoms with van der Waals surface area (Å²) in [5.41, 5.74) is 1.87. The highest BCUT2D eigenvalue weighted by Gasteiger charge is 2.54. The van der Waals surface area contributed by atoms with Gasteiger partial charge in [-0.25, -0.2) is 0 Å². The number of carbonyl (C=O) groups is 2. The van der Waals surface area contributed by atoms with Gasteiger partial charge in [0.05, 0.1) is 11.6 Å². The van der Waals surface area contributed by atoms with Gasteiger partial charge >= 0.3 is 5.97 Å². The summed E-state index contributed by atoms with van der Waals surface area (Å²) in [6.07, 6.45) is 2.81. The Morgan fingerprint density at radius 2 is 1.96 bits per heavy atom. The van der Waals surface area contributed by atoms with Crippen molar-refractivity contribution in [3.05, 3.63) is 41.0 Å². The van der Waals surface area contributed by atoms with E-state index in [1.54, 1.807) is 29.9 Å². The summed E-state index contributed by atoms with van der Waals surface area (Å²) < 4.78 is 1.60. The topological polar surface area (TPSA) is 75.4 Å². The molecule has 1 aliphatic heterocycles. The van der Waals surface area contributed by atoms with Crippen molar-refractivity contribution in [3.63, 3.8) is 0 Å². The maximum atomic E-state index is 13.1. The molecule has 1 N–H and O–H groups in total. The van der Waals surface area contributed by atoms with Gasteiger partial charge in [0.2, 0.25) is 0 Å². The van der Waals surface area contributed by atoms with Gasteiger partial charge in [0.1, 0.15) is 5.69 Å². The Bertz CT molecular complexity index is 871. The molecule has 26 heavy (non-hydrogen) atoms. The molecule has 2 aromatic rings. The molecule has 0 radical (unpaired) electrons. The molecule has 1 aromatic carbocycles. The average molecular weight is 374 g/mol. The zero-order valence-corrected chi connectivity index (χ0v) is 15.2. The van der Waals surface area contributed by atoms with Crippen molar-refractivity contribution < 1.29 is 14.7 Å². The fraction of sp³-hybridized carbons (Fsp3) is 0.421. The molecular formula is C19H20ClN3O3. The number of nitrogens with zero attached hydrogens (tertiary/aromatic N) is 3. The fourth-order valence-electron chi connectivity index (χ4n) is 3.91. The minimum Gasteiger partial charge on any atom is -0.481 e. The summed E-state index contributed by atoms with van der Waals surface area (Å²) in [7, 11) is 1.76. The number of benzene rings is 1. The number of hydrogen-bond donors (Lipinski definition) is 1. The molecule has 136 valence electrons. The maximum Gasteiger partial charge on any atom is 0.306 e. The number of carbonyl (C=O) groups excluding carboxylic acids is 1. The smallest absolute Gasteiger partial charge is 0.306 e. The van der Waals surface area contributed by atoms with Crippen LogP contribution in [-0.2, 0) is 11.8 Å². The molecule has 1 amide bonds. The van der Waals surface area contributed by atoms with Crippen LogP contribution in [0.3, 0.4) is 0 Å². The van der Waals surface area contributed by atoms with Crippen molar-refractivity contribution in [1.82, 2.24) is 14.7 Å². The van der Waals surface area contributed by atoms with Crippen LogP contribution in [0.2, 0.25) is 5.02 Å². The molecule has 1 saturated heterocycles. The number of piperidine rings is 1. The Hall–Kier alpha value is -2.34. The Kier molecular flexibility index (Phi) is 4.03. The van der Waals surface area contributed by atoms with E-state index in [1.165, 1.54) is 0 Å². The summed E-state index contributed by atoms with van der Waals surface area (Å²) in [6, 6.07) is 9.14. The number of carboxylic acids is 1. The Morgan fingerprint density at radius 3 is 2.58 bits per heavy atom. The molecule has 4 rings (SSSR count). The second-order valence-corrected chi connectivity index (χ2v) is 7.69. The molecular weight excluding hydrogens is 354 g/mol. The van der Waals surface area contributed by atoms with E-state index in [-0.39, 0.29) is 17.4 Å². The molecule has 1 aromatic heterocycles. The molecule has 2 aliphatic rings. The van der Waals surface area contributed by atoms with Crippen molar-refractivity contribution >= 4 is 23.5 Å². The fourth-order valence-corrected chi connectivity index (χ4v) is 4.03. The van der Waals surface area contributed by atoms with Crippen LogP contribution in [0.1, 0.15) is 36.2 Å². The first-order chi connectivity index (χ1) is 12.4. The number of rotatable bonds is 3. The van der Waals surface area contributed by atoms with Gasteiger partial charge in [0.25, 0.3) is 5.91 Å². The van der Waals surface area contributed by atoms with Crippen LogP contribution in [-0.4, -0.2) is 43.7 Å². The molecule has 1 saturated carbocycles. The van der Waals surface area contributed by atoms with E-state index in [0.717, 1.165) is 24.1 Å². The van der Waals surface area contributed by atoms with Crippen molar-refractivity contribution in [3.8, 4) is 11.3 Å². The number of aryl methyl sites for hydroxylation is 1. The van der Waals surface area contributed by atoms with E-state index in [4.69, 9.17) is 11.6 Å². The third kappa shape index (κ3) is 2.88. The Balaban J connectivity index is 1.59. The zero-order valence-electron chi connectivity index (χ0n) is 14.5. The van der Waals surface area contributed by atoms with Crippen LogP contribution in [0.25, 0.3) is 11.3 Å². The van der Waals surface area contributed by atoms with E-state index in [1.807, 2.05) is 17.0 Å². The Labute approximate surface area is 156 Å². The van der Waals surface area contributed by atoms with E-state index in [2.05, 4.69) is 5.10 Å². The number of aliphatic carboxylic acids is 1. The lowest BCUT2D eigenvalue weighted by Gasteiger charge is -2.38. The molecule has 1 atom stereocenters. The lowest BCUT2D eigenvalue weighted by molar-refractivity contribution is -0.144. The first-order valence-corrected chi connectivity index (χ1v) is 9.12. The number of likely N-dealkylation sites (tertiary alicyclic amines) is 1. The monoisotopic (exact) mass is 373 g/mol. The third-order valence-electron chi connectivity index (χ3n) is 5.56.